The molecular formula is C17H18N4O3S. The largest absolute Gasteiger partial charge is 0.486 e. The Bertz CT molecular complexity index is 812. The topological polar surface area (TPSA) is 67.8 Å². The zero-order valence-corrected chi connectivity index (χ0v) is 14.5. The average molecular weight is 358 g/mol. The summed E-state index contributed by atoms with van der Waals surface area (Å²) in [7, 11) is 0. The van der Waals surface area contributed by atoms with Gasteiger partial charge in [0.1, 0.15) is 18.7 Å². The molecule has 3 aliphatic heterocycles. The van der Waals surface area contributed by atoms with Crippen molar-refractivity contribution in [3.05, 3.63) is 23.7 Å². The van der Waals surface area contributed by atoms with Crippen molar-refractivity contribution in [3.8, 4) is 11.5 Å². The quantitative estimate of drug-likeness (QED) is 0.817. The number of fused-ring (bicyclic) bond motifs is 1. The van der Waals surface area contributed by atoms with E-state index in [1.165, 1.54) is 0 Å². The predicted octanol–water partition coefficient (Wildman–Crippen LogP) is 1.94. The molecule has 1 atom stereocenters. The molecule has 25 heavy (non-hydrogen) atoms. The molecule has 5 rings (SSSR count). The van der Waals surface area contributed by atoms with Crippen molar-refractivity contribution < 1.29 is 14.3 Å². The first-order valence-electron chi connectivity index (χ1n) is 8.44. The summed E-state index contributed by atoms with van der Waals surface area (Å²) in [5.74, 6) is 1.65. The minimum absolute atomic E-state index is 0.00395. The van der Waals surface area contributed by atoms with E-state index in [1.807, 2.05) is 23.1 Å². The molecule has 130 valence electrons. The predicted molar refractivity (Wildman–Crippen MR) is 93.6 cm³/mol. The summed E-state index contributed by atoms with van der Waals surface area (Å²) in [6, 6.07) is 5.76. The molecule has 4 heterocycles. The number of anilines is 2. The molecule has 1 aromatic heterocycles. The van der Waals surface area contributed by atoms with Gasteiger partial charge in [-0.05, 0) is 18.6 Å². The molecule has 2 saturated heterocycles. The molecule has 2 fully saturated rings. The van der Waals surface area contributed by atoms with Crippen molar-refractivity contribution in [3.63, 3.8) is 0 Å². The van der Waals surface area contributed by atoms with Crippen LogP contribution in [0.3, 0.4) is 0 Å². The third kappa shape index (κ3) is 2.52. The number of hydrogen-bond acceptors (Lipinski definition) is 7. The van der Waals surface area contributed by atoms with E-state index in [1.54, 1.807) is 16.8 Å². The van der Waals surface area contributed by atoms with Crippen molar-refractivity contribution in [1.82, 2.24) is 10.2 Å². The van der Waals surface area contributed by atoms with Gasteiger partial charge in [-0.3, -0.25) is 4.79 Å². The Morgan fingerprint density at radius 3 is 2.88 bits per heavy atom. The second-order valence-electron chi connectivity index (χ2n) is 6.88. The van der Waals surface area contributed by atoms with E-state index in [2.05, 4.69) is 15.1 Å². The monoisotopic (exact) mass is 358 g/mol. The average Bonchev–Trinajstić information content (AvgIpc) is 3.35. The summed E-state index contributed by atoms with van der Waals surface area (Å²) < 4.78 is 11.2. The van der Waals surface area contributed by atoms with Gasteiger partial charge in [-0.2, -0.15) is 0 Å². The molecule has 0 bridgehead atoms. The lowest BCUT2D eigenvalue weighted by molar-refractivity contribution is -0.117. The van der Waals surface area contributed by atoms with Crippen LogP contribution in [0.2, 0.25) is 0 Å². The summed E-state index contributed by atoms with van der Waals surface area (Å²) in [6.07, 6.45) is 1.58. The molecular weight excluding hydrogens is 340 g/mol. The number of benzene rings is 1. The molecule has 0 N–H and O–H groups in total. The Kier molecular flexibility index (Phi) is 3.34. The van der Waals surface area contributed by atoms with Gasteiger partial charge < -0.3 is 19.3 Å². The van der Waals surface area contributed by atoms with Gasteiger partial charge in [0.15, 0.2) is 11.5 Å². The van der Waals surface area contributed by atoms with Gasteiger partial charge in [0.2, 0.25) is 11.0 Å². The number of carbonyl (C=O) groups excluding carboxylic acids is 1. The Morgan fingerprint density at radius 1 is 1.16 bits per heavy atom. The van der Waals surface area contributed by atoms with E-state index in [0.717, 1.165) is 48.4 Å². The number of aromatic nitrogens is 2. The van der Waals surface area contributed by atoms with Crippen LogP contribution in [-0.2, 0) is 4.79 Å². The van der Waals surface area contributed by atoms with Crippen molar-refractivity contribution >= 4 is 28.1 Å². The molecule has 2 aromatic rings. The second kappa shape index (κ2) is 5.59. The normalized spacial score (nSPS) is 25.2. The SMILES string of the molecule is O=C1CC2(CCN(c3nncs3)C2)CN1c1ccc2c(c1)OCCO2. The lowest BCUT2D eigenvalue weighted by atomic mass is 9.86. The number of hydrogen-bond donors (Lipinski definition) is 0. The number of ether oxygens (including phenoxy) is 2. The van der Waals surface area contributed by atoms with Gasteiger partial charge in [-0.15, -0.1) is 10.2 Å². The van der Waals surface area contributed by atoms with Gasteiger partial charge in [0.25, 0.3) is 0 Å². The molecule has 0 radical (unpaired) electrons. The zero-order valence-electron chi connectivity index (χ0n) is 13.7. The van der Waals surface area contributed by atoms with Gasteiger partial charge in [-0.1, -0.05) is 11.3 Å². The Balaban J connectivity index is 1.37. The van der Waals surface area contributed by atoms with Crippen molar-refractivity contribution in [1.29, 1.82) is 0 Å². The molecule has 1 spiro atoms. The van der Waals surface area contributed by atoms with Crippen molar-refractivity contribution in [2.75, 3.05) is 42.6 Å². The van der Waals surface area contributed by atoms with E-state index in [0.29, 0.717) is 19.6 Å². The maximum absolute atomic E-state index is 12.7. The highest BCUT2D eigenvalue weighted by molar-refractivity contribution is 7.13. The van der Waals surface area contributed by atoms with Crippen molar-refractivity contribution in [2.24, 2.45) is 5.41 Å². The molecule has 0 aliphatic carbocycles. The van der Waals surface area contributed by atoms with Gasteiger partial charge in [-0.25, -0.2) is 0 Å². The first kappa shape index (κ1) is 14.9. The lowest BCUT2D eigenvalue weighted by Crippen LogP contribution is -2.31. The molecule has 3 aliphatic rings. The Labute approximate surface area is 149 Å². The maximum Gasteiger partial charge on any atom is 0.227 e. The summed E-state index contributed by atoms with van der Waals surface area (Å²) >= 11 is 1.55. The number of rotatable bonds is 2. The van der Waals surface area contributed by atoms with Gasteiger partial charge in [0, 0.05) is 43.2 Å². The first-order chi connectivity index (χ1) is 12.2. The van der Waals surface area contributed by atoms with Crippen LogP contribution in [0.25, 0.3) is 0 Å². The minimum Gasteiger partial charge on any atom is -0.486 e. The van der Waals surface area contributed by atoms with Crippen LogP contribution in [0.15, 0.2) is 23.7 Å². The van der Waals surface area contributed by atoms with Crippen LogP contribution >= 0.6 is 11.3 Å². The van der Waals surface area contributed by atoms with Crippen LogP contribution in [-0.4, -0.2) is 49.0 Å². The molecule has 1 unspecified atom stereocenters. The van der Waals surface area contributed by atoms with Gasteiger partial charge in [0.05, 0.1) is 0 Å². The summed E-state index contributed by atoms with van der Waals surface area (Å²) in [4.78, 5) is 16.8. The lowest BCUT2D eigenvalue weighted by Gasteiger charge is -2.25. The highest BCUT2D eigenvalue weighted by Gasteiger charge is 2.48. The highest BCUT2D eigenvalue weighted by atomic mass is 32.1. The van der Waals surface area contributed by atoms with E-state index in [9.17, 15) is 4.79 Å². The summed E-state index contributed by atoms with van der Waals surface area (Å²) in [6.45, 7) is 3.64. The van der Waals surface area contributed by atoms with E-state index in [4.69, 9.17) is 9.47 Å². The van der Waals surface area contributed by atoms with Crippen molar-refractivity contribution in [2.45, 2.75) is 12.8 Å². The van der Waals surface area contributed by atoms with E-state index >= 15 is 0 Å². The van der Waals surface area contributed by atoms with Crippen LogP contribution in [0.4, 0.5) is 10.8 Å². The maximum atomic E-state index is 12.7. The molecule has 7 nitrogen and oxygen atoms in total. The fraction of sp³-hybridized carbons (Fsp3) is 0.471. The van der Waals surface area contributed by atoms with Crippen LogP contribution in [0, 0.1) is 5.41 Å². The van der Waals surface area contributed by atoms with Crippen LogP contribution in [0.1, 0.15) is 12.8 Å². The highest BCUT2D eigenvalue weighted by Crippen LogP contribution is 2.44. The molecule has 0 saturated carbocycles. The molecule has 1 amide bonds. The van der Waals surface area contributed by atoms with E-state index in [-0.39, 0.29) is 11.3 Å². The molecule has 1 aromatic carbocycles. The van der Waals surface area contributed by atoms with Crippen LogP contribution in [0.5, 0.6) is 11.5 Å². The molecule has 8 heteroatoms. The first-order valence-corrected chi connectivity index (χ1v) is 9.32. The fourth-order valence-electron chi connectivity index (χ4n) is 4.01. The Morgan fingerprint density at radius 2 is 2.04 bits per heavy atom. The van der Waals surface area contributed by atoms with E-state index < -0.39 is 0 Å². The zero-order chi connectivity index (χ0) is 16.9. The number of nitrogens with zero attached hydrogens (tertiary/aromatic N) is 4. The number of amides is 1. The smallest absolute Gasteiger partial charge is 0.227 e. The van der Waals surface area contributed by atoms with Gasteiger partial charge >= 0.3 is 0 Å². The summed E-state index contributed by atoms with van der Waals surface area (Å²) in [5, 5.41) is 9.03. The third-order valence-corrected chi connectivity index (χ3v) is 5.97. The fourth-order valence-corrected chi connectivity index (χ4v) is 4.60. The third-order valence-electron chi connectivity index (χ3n) is 5.22. The number of carbonyl (C=O) groups is 1. The van der Waals surface area contributed by atoms with Crippen LogP contribution < -0.4 is 19.3 Å². The summed E-state index contributed by atoms with van der Waals surface area (Å²) in [5.41, 5.74) is 2.64. The standard InChI is InChI=1S/C17H18N4O3S/c22-15-8-17(3-4-20(9-17)16-19-18-11-25-16)10-21(15)12-1-2-13-14(7-12)24-6-5-23-13/h1-2,7,11H,3-6,8-10H2. The second-order valence-corrected chi connectivity index (χ2v) is 7.69. The Hall–Kier alpha value is -2.35. The minimum atomic E-state index is -0.00395.